The SMILES string of the molecule is O=C(O)c1cnc(N2CCN(S(=O)(=O)C3Cc4ccccc4O3)CC2)s1. The summed E-state index contributed by atoms with van der Waals surface area (Å²) in [6, 6.07) is 7.36. The number of carboxylic acids is 1. The van der Waals surface area contributed by atoms with Crippen molar-refractivity contribution in [2.24, 2.45) is 0 Å². The number of nitrogens with zero attached hydrogens (tertiary/aromatic N) is 3. The van der Waals surface area contributed by atoms with Crippen molar-refractivity contribution in [3.05, 3.63) is 40.9 Å². The summed E-state index contributed by atoms with van der Waals surface area (Å²) in [5.41, 5.74) is 0.0219. The molecule has 0 aliphatic carbocycles. The van der Waals surface area contributed by atoms with Crippen LogP contribution in [0.1, 0.15) is 15.2 Å². The van der Waals surface area contributed by atoms with Crippen molar-refractivity contribution in [1.29, 1.82) is 0 Å². The van der Waals surface area contributed by atoms with Crippen LogP contribution in [0.15, 0.2) is 30.5 Å². The van der Waals surface area contributed by atoms with Gasteiger partial charge in [-0.05, 0) is 11.6 Å². The van der Waals surface area contributed by atoms with E-state index in [2.05, 4.69) is 4.98 Å². The molecule has 0 radical (unpaired) electrons. The Balaban J connectivity index is 1.42. The third-order valence-electron chi connectivity index (χ3n) is 4.52. The molecule has 3 heterocycles. The molecule has 0 amide bonds. The highest BCUT2D eigenvalue weighted by Crippen LogP contribution is 2.32. The first-order valence-electron chi connectivity index (χ1n) is 8.13. The zero-order valence-corrected chi connectivity index (χ0v) is 15.4. The van der Waals surface area contributed by atoms with Gasteiger partial charge in [-0.2, -0.15) is 4.31 Å². The number of aromatic carboxylic acids is 1. The maximum Gasteiger partial charge on any atom is 0.347 e. The normalized spacial score (nSPS) is 20.6. The maximum absolute atomic E-state index is 12.9. The molecule has 2 aromatic rings. The first-order valence-corrected chi connectivity index (χ1v) is 10.4. The van der Waals surface area contributed by atoms with Crippen LogP contribution in [-0.2, 0) is 16.4 Å². The molecule has 1 unspecified atom stereocenters. The smallest absolute Gasteiger partial charge is 0.347 e. The molecular formula is C16H17N3O5S2. The number of para-hydroxylation sites is 1. The first kappa shape index (κ1) is 17.3. The number of anilines is 1. The van der Waals surface area contributed by atoms with Crippen molar-refractivity contribution in [3.8, 4) is 5.75 Å². The molecule has 0 spiro atoms. The molecule has 0 bridgehead atoms. The summed E-state index contributed by atoms with van der Waals surface area (Å²) >= 11 is 1.10. The molecule has 0 saturated carbocycles. The van der Waals surface area contributed by atoms with Gasteiger partial charge < -0.3 is 14.7 Å². The molecule has 1 fully saturated rings. The summed E-state index contributed by atoms with van der Waals surface area (Å²) in [6.07, 6.45) is 1.68. The molecule has 2 aliphatic rings. The molecule has 1 N–H and O–H groups in total. The van der Waals surface area contributed by atoms with Crippen LogP contribution < -0.4 is 9.64 Å². The van der Waals surface area contributed by atoms with Gasteiger partial charge in [0.2, 0.25) is 5.44 Å². The third-order valence-corrected chi connectivity index (χ3v) is 7.58. The number of piperazine rings is 1. The van der Waals surface area contributed by atoms with Crippen LogP contribution >= 0.6 is 11.3 Å². The minimum absolute atomic E-state index is 0.173. The van der Waals surface area contributed by atoms with Crippen LogP contribution in [0.5, 0.6) is 5.75 Å². The number of hydrogen-bond donors (Lipinski definition) is 1. The van der Waals surface area contributed by atoms with E-state index in [1.54, 1.807) is 6.07 Å². The summed E-state index contributed by atoms with van der Waals surface area (Å²) in [5, 5.41) is 9.59. The van der Waals surface area contributed by atoms with Crippen LogP contribution in [0.2, 0.25) is 0 Å². The Kier molecular flexibility index (Phi) is 4.33. The molecule has 1 saturated heterocycles. The number of aromatic nitrogens is 1. The fraction of sp³-hybridized carbons (Fsp3) is 0.375. The van der Waals surface area contributed by atoms with E-state index in [-0.39, 0.29) is 4.88 Å². The van der Waals surface area contributed by atoms with Gasteiger partial charge in [-0.15, -0.1) is 0 Å². The number of ether oxygens (including phenoxy) is 1. The van der Waals surface area contributed by atoms with Gasteiger partial charge in [-0.25, -0.2) is 18.2 Å². The molecular weight excluding hydrogens is 378 g/mol. The van der Waals surface area contributed by atoms with Gasteiger partial charge in [0.15, 0.2) is 5.13 Å². The lowest BCUT2D eigenvalue weighted by Gasteiger charge is -2.34. The van der Waals surface area contributed by atoms with Crippen LogP contribution in [0.4, 0.5) is 5.13 Å². The van der Waals surface area contributed by atoms with Crippen LogP contribution in [0, 0.1) is 0 Å². The van der Waals surface area contributed by atoms with E-state index in [0.29, 0.717) is 43.5 Å². The first-order chi connectivity index (χ1) is 12.4. The Labute approximate surface area is 154 Å². The molecule has 4 rings (SSSR count). The second kappa shape index (κ2) is 6.53. The number of sulfonamides is 1. The Bertz CT molecular complexity index is 910. The van der Waals surface area contributed by atoms with E-state index < -0.39 is 21.4 Å². The standard InChI is InChI=1S/C16H17N3O5S2/c20-15(21)13-10-17-16(25-13)18-5-7-19(8-6-18)26(22,23)14-9-11-3-1-2-4-12(11)24-14/h1-4,10,14H,5-9H2,(H,20,21). The minimum atomic E-state index is -3.57. The molecule has 2 aliphatic heterocycles. The predicted molar refractivity (Wildman–Crippen MR) is 96.3 cm³/mol. The Hall–Kier alpha value is -2.17. The number of rotatable bonds is 4. The minimum Gasteiger partial charge on any atom is -0.477 e. The number of benzene rings is 1. The zero-order valence-electron chi connectivity index (χ0n) is 13.7. The van der Waals surface area contributed by atoms with E-state index in [1.807, 2.05) is 23.1 Å². The summed E-state index contributed by atoms with van der Waals surface area (Å²) < 4.78 is 32.9. The second-order valence-electron chi connectivity index (χ2n) is 6.10. The number of carboxylic acid groups (broad SMARTS) is 1. The highest BCUT2D eigenvalue weighted by atomic mass is 32.2. The van der Waals surface area contributed by atoms with Crippen molar-refractivity contribution in [3.63, 3.8) is 0 Å². The summed E-state index contributed by atoms with van der Waals surface area (Å²) in [7, 11) is -3.57. The highest BCUT2D eigenvalue weighted by Gasteiger charge is 2.39. The van der Waals surface area contributed by atoms with Gasteiger partial charge >= 0.3 is 5.97 Å². The number of thiazole rings is 1. The topological polar surface area (TPSA) is 100 Å². The second-order valence-corrected chi connectivity index (χ2v) is 9.18. The maximum atomic E-state index is 12.9. The van der Waals surface area contributed by atoms with Crippen molar-refractivity contribution >= 4 is 32.5 Å². The van der Waals surface area contributed by atoms with Gasteiger partial charge in [-0.1, -0.05) is 29.5 Å². The lowest BCUT2D eigenvalue weighted by molar-refractivity contribution is 0.0702. The van der Waals surface area contributed by atoms with Crippen LogP contribution in [-0.4, -0.2) is 60.4 Å². The van der Waals surface area contributed by atoms with E-state index >= 15 is 0 Å². The summed E-state index contributed by atoms with van der Waals surface area (Å²) in [6.45, 7) is 1.57. The lowest BCUT2D eigenvalue weighted by atomic mass is 10.2. The monoisotopic (exact) mass is 395 g/mol. The molecule has 138 valence electrons. The highest BCUT2D eigenvalue weighted by molar-refractivity contribution is 7.89. The molecule has 8 nitrogen and oxygen atoms in total. The average Bonchev–Trinajstić information content (AvgIpc) is 3.29. The average molecular weight is 395 g/mol. The van der Waals surface area contributed by atoms with Crippen LogP contribution in [0.3, 0.4) is 0 Å². The molecule has 1 aromatic heterocycles. The molecule has 26 heavy (non-hydrogen) atoms. The lowest BCUT2D eigenvalue weighted by Crippen LogP contribution is -2.52. The van der Waals surface area contributed by atoms with Gasteiger partial charge in [0.05, 0.1) is 6.20 Å². The number of carbonyl (C=O) groups is 1. The number of fused-ring (bicyclic) bond motifs is 1. The largest absolute Gasteiger partial charge is 0.477 e. The van der Waals surface area contributed by atoms with Gasteiger partial charge in [-0.3, -0.25) is 0 Å². The van der Waals surface area contributed by atoms with Gasteiger partial charge in [0.25, 0.3) is 10.0 Å². The quantitative estimate of drug-likeness (QED) is 0.832. The van der Waals surface area contributed by atoms with E-state index in [1.165, 1.54) is 10.5 Å². The van der Waals surface area contributed by atoms with Crippen molar-refractivity contribution in [1.82, 2.24) is 9.29 Å². The fourth-order valence-electron chi connectivity index (χ4n) is 3.13. The predicted octanol–water partition coefficient (Wildman–Crippen LogP) is 1.25. The summed E-state index contributed by atoms with van der Waals surface area (Å²) in [5.74, 6) is -0.378. The molecule has 10 heteroatoms. The van der Waals surface area contributed by atoms with E-state index in [9.17, 15) is 13.2 Å². The van der Waals surface area contributed by atoms with Gasteiger partial charge in [0, 0.05) is 32.6 Å². The number of hydrogen-bond acceptors (Lipinski definition) is 7. The van der Waals surface area contributed by atoms with Crippen molar-refractivity contribution in [2.45, 2.75) is 11.9 Å². The Morgan fingerprint density at radius 3 is 2.62 bits per heavy atom. The van der Waals surface area contributed by atoms with Crippen molar-refractivity contribution < 1.29 is 23.1 Å². The Morgan fingerprint density at radius 2 is 1.96 bits per heavy atom. The van der Waals surface area contributed by atoms with E-state index in [4.69, 9.17) is 9.84 Å². The third kappa shape index (κ3) is 3.04. The van der Waals surface area contributed by atoms with E-state index in [0.717, 1.165) is 16.9 Å². The fourth-order valence-corrected chi connectivity index (χ4v) is 5.55. The van der Waals surface area contributed by atoms with Crippen LogP contribution in [0.25, 0.3) is 0 Å². The van der Waals surface area contributed by atoms with Crippen molar-refractivity contribution in [2.75, 3.05) is 31.1 Å². The Morgan fingerprint density at radius 1 is 1.23 bits per heavy atom. The zero-order chi connectivity index (χ0) is 18.3. The summed E-state index contributed by atoms with van der Waals surface area (Å²) in [4.78, 5) is 17.2. The molecule has 1 aromatic carbocycles. The van der Waals surface area contributed by atoms with Gasteiger partial charge in [0.1, 0.15) is 10.6 Å². The molecule has 1 atom stereocenters.